The average molecular weight is 398 g/mol. The number of hydrogen-bond donors (Lipinski definition) is 1. The molecular weight excluding hydrogens is 376 g/mol. The minimum Gasteiger partial charge on any atom is -0.347 e. The lowest BCUT2D eigenvalue weighted by atomic mass is 9.95. The highest BCUT2D eigenvalue weighted by Gasteiger charge is 2.39. The van der Waals surface area contributed by atoms with E-state index < -0.39 is 20.8 Å². The van der Waals surface area contributed by atoms with Crippen molar-refractivity contribution in [2.24, 2.45) is 5.10 Å². The molecule has 1 aliphatic heterocycles. The fraction of sp³-hybridized carbons (Fsp3) is 0.350. The highest BCUT2D eigenvalue weighted by Crippen LogP contribution is 2.35. The van der Waals surface area contributed by atoms with E-state index in [1.54, 1.807) is 6.07 Å². The second-order valence-electron chi connectivity index (χ2n) is 7.19. The third-order valence-corrected chi connectivity index (χ3v) is 6.77. The topological polar surface area (TPSA) is 91.7 Å². The van der Waals surface area contributed by atoms with Crippen molar-refractivity contribution in [3.63, 3.8) is 0 Å². The number of nitrogens with one attached hydrogen (secondary N) is 1. The fourth-order valence-electron chi connectivity index (χ4n) is 3.57. The Morgan fingerprint density at radius 2 is 1.82 bits per heavy atom. The Balaban J connectivity index is 1.76. The van der Waals surface area contributed by atoms with Crippen molar-refractivity contribution in [3.05, 3.63) is 48.2 Å². The number of carbonyl (C=O) groups excluding carboxylic acids is 1. The number of anilines is 2. The molecular formula is C20H22N4O3S. The van der Waals surface area contributed by atoms with Crippen LogP contribution in [0.4, 0.5) is 11.5 Å². The predicted octanol–water partition coefficient (Wildman–Crippen LogP) is 3.08. The van der Waals surface area contributed by atoms with E-state index in [0.717, 1.165) is 37.7 Å². The van der Waals surface area contributed by atoms with Crippen LogP contribution in [0.1, 0.15) is 37.7 Å². The first-order valence-corrected chi connectivity index (χ1v) is 10.9. The maximum absolute atomic E-state index is 13.1. The summed E-state index contributed by atoms with van der Waals surface area (Å²) >= 11 is 0. The van der Waals surface area contributed by atoms with Crippen molar-refractivity contribution >= 4 is 32.3 Å². The lowest BCUT2D eigenvalue weighted by Gasteiger charge is -2.27. The van der Waals surface area contributed by atoms with Gasteiger partial charge in [0.05, 0.1) is 5.69 Å². The monoisotopic (exact) mass is 398 g/mol. The number of benzene rings is 1. The van der Waals surface area contributed by atoms with E-state index in [9.17, 15) is 13.2 Å². The molecule has 7 nitrogen and oxygen atoms in total. The number of carbonyl (C=O) groups is 1. The molecule has 0 saturated heterocycles. The number of amides is 1. The molecule has 1 amide bonds. The molecule has 1 N–H and O–H groups in total. The van der Waals surface area contributed by atoms with Gasteiger partial charge in [-0.15, -0.1) is 5.10 Å². The molecule has 2 heterocycles. The van der Waals surface area contributed by atoms with Crippen LogP contribution in [0, 0.1) is 6.92 Å². The summed E-state index contributed by atoms with van der Waals surface area (Å²) in [5.41, 5.74) is 1.71. The molecule has 1 fully saturated rings. The zero-order chi connectivity index (χ0) is 19.7. The van der Waals surface area contributed by atoms with Gasteiger partial charge in [-0.1, -0.05) is 37.0 Å². The molecule has 4 rings (SSSR count). The quantitative estimate of drug-likeness (QED) is 0.858. The van der Waals surface area contributed by atoms with Gasteiger partial charge in [0.1, 0.15) is 4.90 Å². The Bertz CT molecular complexity index is 1030. The molecule has 1 saturated carbocycles. The van der Waals surface area contributed by atoms with E-state index in [0.29, 0.717) is 5.69 Å². The molecule has 2 aromatic rings. The van der Waals surface area contributed by atoms with Crippen LogP contribution in [-0.2, 0) is 14.6 Å². The zero-order valence-electron chi connectivity index (χ0n) is 15.6. The van der Waals surface area contributed by atoms with Gasteiger partial charge in [0, 0.05) is 12.2 Å². The molecule has 1 aromatic carbocycles. The van der Waals surface area contributed by atoms with Crippen molar-refractivity contribution in [2.45, 2.75) is 50.0 Å². The molecule has 1 aliphatic carbocycles. The summed E-state index contributed by atoms with van der Waals surface area (Å²) < 4.78 is 26.1. The number of hydrogen-bond acceptors (Lipinski definition) is 6. The molecule has 0 spiro atoms. The summed E-state index contributed by atoms with van der Waals surface area (Å²) in [5, 5.41) is 8.02. The maximum atomic E-state index is 13.1. The van der Waals surface area contributed by atoms with Crippen LogP contribution in [-0.4, -0.2) is 30.4 Å². The third kappa shape index (κ3) is 3.40. The van der Waals surface area contributed by atoms with Gasteiger partial charge in [0.2, 0.25) is 14.9 Å². The lowest BCUT2D eigenvalue weighted by Crippen LogP contribution is -2.45. The number of aromatic nitrogens is 1. The van der Waals surface area contributed by atoms with Gasteiger partial charge in [-0.25, -0.2) is 18.4 Å². The van der Waals surface area contributed by atoms with Gasteiger partial charge in [0.25, 0.3) is 5.91 Å². The smallest absolute Gasteiger partial charge is 0.284 e. The molecule has 0 radical (unpaired) electrons. The van der Waals surface area contributed by atoms with Crippen LogP contribution in [0.15, 0.2) is 52.6 Å². The van der Waals surface area contributed by atoms with Gasteiger partial charge in [-0.05, 0) is 44.0 Å². The summed E-state index contributed by atoms with van der Waals surface area (Å²) in [6, 6.07) is 10.4. The van der Waals surface area contributed by atoms with Crippen molar-refractivity contribution in [2.75, 3.05) is 5.01 Å². The van der Waals surface area contributed by atoms with Crippen LogP contribution < -0.4 is 10.3 Å². The van der Waals surface area contributed by atoms with Crippen molar-refractivity contribution < 1.29 is 13.2 Å². The van der Waals surface area contributed by atoms with Crippen LogP contribution in [0.3, 0.4) is 0 Å². The minimum absolute atomic E-state index is 0.0118. The lowest BCUT2D eigenvalue weighted by molar-refractivity contribution is -0.115. The van der Waals surface area contributed by atoms with Gasteiger partial charge in [-0.3, -0.25) is 4.79 Å². The maximum Gasteiger partial charge on any atom is 0.284 e. The normalized spacial score (nSPS) is 18.9. The van der Waals surface area contributed by atoms with Crippen molar-refractivity contribution in [3.8, 4) is 0 Å². The van der Waals surface area contributed by atoms with Crippen molar-refractivity contribution in [1.82, 2.24) is 10.3 Å². The first-order chi connectivity index (χ1) is 13.5. The Labute approximate surface area is 164 Å². The highest BCUT2D eigenvalue weighted by molar-refractivity contribution is 8.08. The molecule has 2 aliphatic rings. The summed E-state index contributed by atoms with van der Waals surface area (Å²) in [4.78, 5) is 17.1. The summed E-state index contributed by atoms with van der Waals surface area (Å²) in [6.45, 7) is 1.96. The summed E-state index contributed by atoms with van der Waals surface area (Å²) in [7, 11) is -4.05. The Hall–Kier alpha value is -2.74. The van der Waals surface area contributed by atoms with E-state index in [1.807, 2.05) is 31.2 Å². The number of fused-ring (bicyclic) bond motifs is 1. The largest absolute Gasteiger partial charge is 0.347 e. The molecule has 0 bridgehead atoms. The fourth-order valence-corrected chi connectivity index (χ4v) is 4.91. The van der Waals surface area contributed by atoms with Crippen LogP contribution in [0.5, 0.6) is 0 Å². The number of rotatable bonds is 3. The number of sulfone groups is 1. The standard InChI is InChI=1S/C20H22N4O3S/c1-14-9-11-16(12-10-14)24-18-17(8-5-13-21-18)28(26,27)20(23-24)19(25)22-15-6-3-2-4-7-15/h5,8-13,15H,2-4,6-7H2,1H3,(H,22,25). The minimum atomic E-state index is -4.05. The molecule has 0 atom stereocenters. The van der Waals surface area contributed by atoms with E-state index >= 15 is 0 Å². The van der Waals surface area contributed by atoms with E-state index in [1.165, 1.54) is 17.3 Å². The number of pyridine rings is 1. The average Bonchev–Trinajstić information content (AvgIpc) is 2.70. The van der Waals surface area contributed by atoms with Gasteiger partial charge < -0.3 is 5.32 Å². The Morgan fingerprint density at radius 1 is 1.11 bits per heavy atom. The van der Waals surface area contributed by atoms with Gasteiger partial charge in [-0.2, -0.15) is 0 Å². The van der Waals surface area contributed by atoms with Crippen LogP contribution in [0.2, 0.25) is 0 Å². The van der Waals surface area contributed by atoms with Gasteiger partial charge >= 0.3 is 0 Å². The second-order valence-corrected chi connectivity index (χ2v) is 9.02. The SMILES string of the molecule is Cc1ccc(N2N=C(C(=O)NC3CCCCC3)S(=O)(=O)c3cccnc32)cc1. The van der Waals surface area contributed by atoms with E-state index in [-0.39, 0.29) is 16.8 Å². The Morgan fingerprint density at radius 3 is 2.54 bits per heavy atom. The molecule has 1 aromatic heterocycles. The summed E-state index contributed by atoms with van der Waals surface area (Å²) in [6.07, 6.45) is 6.45. The second kappa shape index (κ2) is 7.35. The van der Waals surface area contributed by atoms with E-state index in [2.05, 4.69) is 15.4 Å². The first kappa shape index (κ1) is 18.6. The molecule has 146 valence electrons. The predicted molar refractivity (Wildman–Crippen MR) is 107 cm³/mol. The number of aryl methyl sites for hydroxylation is 1. The third-order valence-electron chi connectivity index (χ3n) is 5.10. The number of hydrazone groups is 1. The molecule has 0 unspecified atom stereocenters. The van der Waals surface area contributed by atoms with Gasteiger partial charge in [0.15, 0.2) is 5.82 Å². The summed E-state index contributed by atoms with van der Waals surface area (Å²) in [5.74, 6) is -0.459. The Kier molecular flexibility index (Phi) is 4.89. The number of nitrogens with zero attached hydrogens (tertiary/aromatic N) is 3. The molecule has 28 heavy (non-hydrogen) atoms. The van der Waals surface area contributed by atoms with Crippen LogP contribution in [0.25, 0.3) is 0 Å². The highest BCUT2D eigenvalue weighted by atomic mass is 32.2. The van der Waals surface area contributed by atoms with E-state index in [4.69, 9.17) is 0 Å². The first-order valence-electron chi connectivity index (χ1n) is 9.43. The zero-order valence-corrected chi connectivity index (χ0v) is 16.4. The molecule has 8 heteroatoms. The van der Waals surface area contributed by atoms with Crippen LogP contribution >= 0.6 is 0 Å². The van der Waals surface area contributed by atoms with Crippen molar-refractivity contribution in [1.29, 1.82) is 0 Å².